The van der Waals surface area contributed by atoms with Crippen molar-refractivity contribution in [3.8, 4) is 0 Å². The first-order valence-electron chi connectivity index (χ1n) is 5.54. The van der Waals surface area contributed by atoms with Gasteiger partial charge in [0.1, 0.15) is 11.0 Å². The Bertz CT molecular complexity index is 506. The van der Waals surface area contributed by atoms with E-state index in [1.54, 1.807) is 7.11 Å². The average molecular weight is 288 g/mol. The lowest BCUT2D eigenvalue weighted by molar-refractivity contribution is 0.0759. The number of ether oxygens (including phenoxy) is 2. The number of anilines is 1. The smallest absolute Gasteiger partial charge is 0.129 e. The van der Waals surface area contributed by atoms with Crippen LogP contribution in [-0.2, 0) is 9.47 Å². The minimum Gasteiger partial charge on any atom is -0.382 e. The van der Waals surface area contributed by atoms with Crippen molar-refractivity contribution in [3.05, 3.63) is 17.2 Å². The molecule has 2 aromatic rings. The van der Waals surface area contributed by atoms with Crippen LogP contribution in [0.1, 0.15) is 0 Å². The molecule has 0 saturated carbocycles. The maximum Gasteiger partial charge on any atom is 0.129 e. The Morgan fingerprint density at radius 1 is 1.28 bits per heavy atom. The molecule has 1 N–H and O–H groups in total. The second-order valence-corrected chi connectivity index (χ2v) is 4.52. The van der Waals surface area contributed by atoms with Gasteiger partial charge in [-0.25, -0.2) is 0 Å². The molecule has 1 aromatic heterocycles. The lowest BCUT2D eigenvalue weighted by Gasteiger charge is -2.09. The highest BCUT2D eigenvalue weighted by Gasteiger charge is 2.08. The SMILES string of the molecule is COCCOCCNc1c(Cl)ccc2nsnc12. The van der Waals surface area contributed by atoms with E-state index >= 15 is 0 Å². The molecule has 0 unspecified atom stereocenters. The molecule has 0 aliphatic carbocycles. The highest BCUT2D eigenvalue weighted by Crippen LogP contribution is 2.29. The second kappa shape index (κ2) is 6.84. The number of aromatic nitrogens is 2. The van der Waals surface area contributed by atoms with E-state index in [0.29, 0.717) is 31.4 Å². The topological polar surface area (TPSA) is 56.3 Å². The minimum atomic E-state index is 0.591. The van der Waals surface area contributed by atoms with E-state index in [-0.39, 0.29) is 0 Å². The Kier molecular flexibility index (Phi) is 5.12. The molecule has 18 heavy (non-hydrogen) atoms. The van der Waals surface area contributed by atoms with Crippen molar-refractivity contribution < 1.29 is 9.47 Å². The summed E-state index contributed by atoms with van der Waals surface area (Å²) in [5.41, 5.74) is 2.48. The molecule has 0 aliphatic heterocycles. The molecule has 0 amide bonds. The Morgan fingerprint density at radius 3 is 3.00 bits per heavy atom. The van der Waals surface area contributed by atoms with E-state index in [1.807, 2.05) is 12.1 Å². The summed E-state index contributed by atoms with van der Waals surface area (Å²) in [6.07, 6.45) is 0. The number of rotatable bonds is 7. The van der Waals surface area contributed by atoms with Gasteiger partial charge in [-0.2, -0.15) is 8.75 Å². The third kappa shape index (κ3) is 3.29. The van der Waals surface area contributed by atoms with Gasteiger partial charge in [0, 0.05) is 13.7 Å². The van der Waals surface area contributed by atoms with Gasteiger partial charge in [0.15, 0.2) is 0 Å². The number of benzene rings is 1. The van der Waals surface area contributed by atoms with Gasteiger partial charge in [0.25, 0.3) is 0 Å². The number of hydrogen-bond donors (Lipinski definition) is 1. The van der Waals surface area contributed by atoms with Gasteiger partial charge in [0.2, 0.25) is 0 Å². The van der Waals surface area contributed by atoms with Crippen LogP contribution in [0.25, 0.3) is 11.0 Å². The van der Waals surface area contributed by atoms with E-state index < -0.39 is 0 Å². The molecule has 0 radical (unpaired) electrons. The van der Waals surface area contributed by atoms with Crippen LogP contribution in [0.3, 0.4) is 0 Å². The summed E-state index contributed by atoms with van der Waals surface area (Å²) in [6.45, 7) is 2.45. The second-order valence-electron chi connectivity index (χ2n) is 3.59. The van der Waals surface area contributed by atoms with Gasteiger partial charge >= 0.3 is 0 Å². The molecule has 7 heteroatoms. The number of nitrogens with one attached hydrogen (secondary N) is 1. The van der Waals surface area contributed by atoms with Gasteiger partial charge in [-0.05, 0) is 12.1 Å². The first-order chi connectivity index (χ1) is 8.83. The summed E-state index contributed by atoms with van der Waals surface area (Å²) in [4.78, 5) is 0. The van der Waals surface area contributed by atoms with Gasteiger partial charge in [-0.3, -0.25) is 0 Å². The summed E-state index contributed by atoms with van der Waals surface area (Å²) in [5, 5.41) is 3.87. The molecule has 1 aromatic carbocycles. The van der Waals surface area contributed by atoms with E-state index in [0.717, 1.165) is 16.7 Å². The monoisotopic (exact) mass is 287 g/mol. The number of halogens is 1. The third-order valence-corrected chi connectivity index (χ3v) is 3.21. The predicted octanol–water partition coefficient (Wildman–Crippen LogP) is 2.42. The van der Waals surface area contributed by atoms with Crippen LogP contribution in [0.2, 0.25) is 5.02 Å². The van der Waals surface area contributed by atoms with Crippen LogP contribution < -0.4 is 5.32 Å². The zero-order valence-electron chi connectivity index (χ0n) is 9.98. The molecule has 1 heterocycles. The maximum absolute atomic E-state index is 6.14. The van der Waals surface area contributed by atoms with Crippen LogP contribution in [0, 0.1) is 0 Å². The molecule has 0 fully saturated rings. The Balaban J connectivity index is 1.90. The number of hydrogen-bond acceptors (Lipinski definition) is 6. The minimum absolute atomic E-state index is 0.591. The van der Waals surface area contributed by atoms with Crippen molar-refractivity contribution >= 4 is 40.0 Å². The molecular formula is C11H14ClN3O2S. The molecule has 0 atom stereocenters. The lowest BCUT2D eigenvalue weighted by atomic mass is 10.2. The fraction of sp³-hybridized carbons (Fsp3) is 0.455. The van der Waals surface area contributed by atoms with Crippen molar-refractivity contribution in [1.29, 1.82) is 0 Å². The van der Waals surface area contributed by atoms with Crippen molar-refractivity contribution in [1.82, 2.24) is 8.75 Å². The highest BCUT2D eigenvalue weighted by molar-refractivity contribution is 7.00. The first kappa shape index (κ1) is 13.5. The fourth-order valence-corrected chi connectivity index (χ4v) is 2.25. The summed E-state index contributed by atoms with van der Waals surface area (Å²) in [6, 6.07) is 3.68. The van der Waals surface area contributed by atoms with Crippen LogP contribution >= 0.6 is 23.3 Å². The van der Waals surface area contributed by atoms with Crippen molar-refractivity contribution in [2.24, 2.45) is 0 Å². The lowest BCUT2D eigenvalue weighted by Crippen LogP contribution is -2.12. The summed E-state index contributed by atoms with van der Waals surface area (Å²) in [7, 11) is 1.65. The number of fused-ring (bicyclic) bond motifs is 1. The van der Waals surface area contributed by atoms with Gasteiger partial charge in [-0.15, -0.1) is 0 Å². The van der Waals surface area contributed by atoms with E-state index in [4.69, 9.17) is 21.1 Å². The Morgan fingerprint density at radius 2 is 2.17 bits per heavy atom. The molecule has 0 bridgehead atoms. The molecule has 5 nitrogen and oxygen atoms in total. The standard InChI is InChI=1S/C11H14ClN3O2S/c1-16-6-7-17-5-4-13-10-8(12)2-3-9-11(10)15-18-14-9/h2-3,13H,4-7H2,1H3. The van der Waals surface area contributed by atoms with Gasteiger partial charge in [0.05, 0.1) is 42.3 Å². The van der Waals surface area contributed by atoms with Crippen molar-refractivity contribution in [2.45, 2.75) is 0 Å². The molecule has 2 rings (SSSR count). The molecule has 0 spiro atoms. The Hall–Kier alpha value is -0.950. The zero-order chi connectivity index (χ0) is 12.8. The van der Waals surface area contributed by atoms with Crippen LogP contribution in [0.5, 0.6) is 0 Å². The molecule has 98 valence electrons. The Labute approximate surface area is 114 Å². The quantitative estimate of drug-likeness (QED) is 0.793. The van der Waals surface area contributed by atoms with Crippen molar-refractivity contribution in [2.75, 3.05) is 38.8 Å². The summed E-state index contributed by atoms with van der Waals surface area (Å²) in [5.74, 6) is 0. The van der Waals surface area contributed by atoms with Crippen LogP contribution in [0.15, 0.2) is 12.1 Å². The third-order valence-electron chi connectivity index (χ3n) is 2.36. The van der Waals surface area contributed by atoms with Crippen LogP contribution in [-0.4, -0.2) is 42.2 Å². The molecule has 0 saturated heterocycles. The average Bonchev–Trinajstić information content (AvgIpc) is 2.84. The largest absolute Gasteiger partial charge is 0.382 e. The van der Waals surface area contributed by atoms with Gasteiger partial charge in [-0.1, -0.05) is 11.6 Å². The molecular weight excluding hydrogens is 274 g/mol. The summed E-state index contributed by atoms with van der Waals surface area (Å²) < 4.78 is 18.7. The zero-order valence-corrected chi connectivity index (χ0v) is 11.6. The van der Waals surface area contributed by atoms with Crippen LogP contribution in [0.4, 0.5) is 5.69 Å². The first-order valence-corrected chi connectivity index (χ1v) is 6.65. The van der Waals surface area contributed by atoms with E-state index in [9.17, 15) is 0 Å². The predicted molar refractivity (Wildman–Crippen MR) is 73.6 cm³/mol. The summed E-state index contributed by atoms with van der Waals surface area (Å²) >= 11 is 7.32. The fourth-order valence-electron chi connectivity index (χ4n) is 1.49. The number of methoxy groups -OCH3 is 1. The van der Waals surface area contributed by atoms with Gasteiger partial charge < -0.3 is 14.8 Å². The normalized spacial score (nSPS) is 11.0. The maximum atomic E-state index is 6.14. The molecule has 0 aliphatic rings. The van der Waals surface area contributed by atoms with Crippen molar-refractivity contribution in [3.63, 3.8) is 0 Å². The van der Waals surface area contributed by atoms with E-state index in [1.165, 1.54) is 11.7 Å². The number of nitrogens with zero attached hydrogens (tertiary/aromatic N) is 2. The highest BCUT2D eigenvalue weighted by atomic mass is 35.5. The van der Waals surface area contributed by atoms with E-state index in [2.05, 4.69) is 14.1 Å².